The number of amides is 4. The van der Waals surface area contributed by atoms with E-state index in [0.717, 1.165) is 21.9 Å². The summed E-state index contributed by atoms with van der Waals surface area (Å²) < 4.78 is 9.88. The number of rotatable bonds is 7. The van der Waals surface area contributed by atoms with Crippen LogP contribution in [0.15, 0.2) is 54.6 Å². The molecular weight excluding hydrogens is 590 g/mol. The summed E-state index contributed by atoms with van der Waals surface area (Å²) in [7, 11) is 0. The average molecular weight is 620 g/mol. The van der Waals surface area contributed by atoms with Gasteiger partial charge in [0.05, 0.1) is 5.69 Å². The van der Waals surface area contributed by atoms with E-state index in [1.54, 1.807) is 24.3 Å². The number of alkyl carbamates (subject to hydrolysis) is 1. The van der Waals surface area contributed by atoms with E-state index in [1.165, 1.54) is 4.90 Å². The molecule has 3 heterocycles. The summed E-state index contributed by atoms with van der Waals surface area (Å²) in [4.78, 5) is 62.6. The second kappa shape index (κ2) is 11.9. The van der Waals surface area contributed by atoms with Crippen LogP contribution in [0.25, 0.3) is 10.8 Å². The summed E-state index contributed by atoms with van der Waals surface area (Å²) >= 11 is 0. The molecule has 0 saturated carbocycles. The van der Waals surface area contributed by atoms with Gasteiger partial charge in [0.2, 0.25) is 18.1 Å². The van der Waals surface area contributed by atoms with Gasteiger partial charge in [-0.25, -0.2) is 9.59 Å². The van der Waals surface area contributed by atoms with Crippen LogP contribution in [0, 0.1) is 0 Å². The number of nitrogens with zero attached hydrogens (tertiary/aromatic N) is 1. The molecule has 0 aliphatic carbocycles. The summed E-state index contributed by atoms with van der Waals surface area (Å²) in [6, 6.07) is 15.7. The maximum atomic E-state index is 13.4. The molecule has 0 bridgehead atoms. The molecular formula is C31H29N3O11. The van der Waals surface area contributed by atoms with Gasteiger partial charge in [0.1, 0.15) is 24.4 Å². The van der Waals surface area contributed by atoms with Crippen molar-refractivity contribution in [2.75, 3.05) is 4.90 Å². The van der Waals surface area contributed by atoms with Crippen LogP contribution in [0.1, 0.15) is 39.9 Å². The van der Waals surface area contributed by atoms with E-state index in [9.17, 15) is 39.3 Å². The average Bonchev–Trinajstić information content (AvgIpc) is 3.30. The van der Waals surface area contributed by atoms with Crippen molar-refractivity contribution in [3.8, 4) is 0 Å². The molecule has 0 radical (unpaired) electrons. The fourth-order valence-corrected chi connectivity index (χ4v) is 5.92. The molecule has 0 aromatic heterocycles. The highest BCUT2D eigenvalue weighted by atomic mass is 16.7. The molecule has 2 fully saturated rings. The number of carboxylic acid groups (broad SMARTS) is 1. The normalized spacial score (nSPS) is 26.1. The first-order valence-corrected chi connectivity index (χ1v) is 14.2. The van der Waals surface area contributed by atoms with Crippen molar-refractivity contribution < 1.29 is 53.9 Å². The Morgan fingerprint density at radius 3 is 2.40 bits per heavy atom. The molecule has 6 atom stereocenters. The lowest BCUT2D eigenvalue weighted by atomic mass is 9.95. The first kappa shape index (κ1) is 30.1. The lowest BCUT2D eigenvalue weighted by molar-refractivity contribution is -0.278. The van der Waals surface area contributed by atoms with Gasteiger partial charge in [-0.3, -0.25) is 24.6 Å². The predicted molar refractivity (Wildman–Crippen MR) is 154 cm³/mol. The third kappa shape index (κ3) is 5.60. The van der Waals surface area contributed by atoms with Gasteiger partial charge in [0, 0.05) is 23.9 Å². The number of imide groups is 1. The zero-order chi connectivity index (χ0) is 32.0. The lowest BCUT2D eigenvalue weighted by Crippen LogP contribution is -2.61. The Labute approximate surface area is 255 Å². The Balaban J connectivity index is 1.11. The lowest BCUT2D eigenvalue weighted by Gasteiger charge is -2.37. The monoisotopic (exact) mass is 619 g/mol. The zero-order valence-electron chi connectivity index (χ0n) is 23.6. The molecule has 14 heteroatoms. The summed E-state index contributed by atoms with van der Waals surface area (Å²) in [6.07, 6.45) is -9.46. The van der Waals surface area contributed by atoms with Crippen molar-refractivity contribution in [3.05, 3.63) is 76.9 Å². The SMILES string of the molecule is O=C1CC[C@H](N2C(=O)c3cccc4c(Cc5ccc(CNC(=O)O[C@@H]6O[C@H](C(=O)O)[C@@H](O)[C@H](O)[C@H]6O)cc5)ccc2c34)C(=O)N1. The molecule has 6 rings (SSSR count). The molecule has 14 nitrogen and oxygen atoms in total. The van der Waals surface area contributed by atoms with Crippen molar-refractivity contribution in [2.24, 2.45) is 0 Å². The molecule has 6 N–H and O–H groups in total. The van der Waals surface area contributed by atoms with Crippen LogP contribution >= 0.6 is 0 Å². The highest BCUT2D eigenvalue weighted by molar-refractivity contribution is 6.27. The molecule has 0 unspecified atom stereocenters. The van der Waals surface area contributed by atoms with Gasteiger partial charge in [0.25, 0.3) is 5.91 Å². The summed E-state index contributed by atoms with van der Waals surface area (Å²) in [5.41, 5.74) is 3.73. The number of hydrogen-bond donors (Lipinski definition) is 6. The fourth-order valence-electron chi connectivity index (χ4n) is 5.92. The Bertz CT molecular complexity index is 1710. The number of piperidine rings is 1. The van der Waals surface area contributed by atoms with Gasteiger partial charge in [0.15, 0.2) is 6.10 Å². The van der Waals surface area contributed by atoms with Crippen LogP contribution in [0.4, 0.5) is 10.5 Å². The minimum absolute atomic E-state index is 0.0226. The second-order valence-electron chi connectivity index (χ2n) is 11.1. The molecule has 0 spiro atoms. The van der Waals surface area contributed by atoms with Crippen LogP contribution in [-0.4, -0.2) is 87.0 Å². The number of benzene rings is 3. The molecule has 4 amide bonds. The van der Waals surface area contributed by atoms with Crippen molar-refractivity contribution in [2.45, 2.75) is 62.6 Å². The minimum Gasteiger partial charge on any atom is -0.479 e. The fraction of sp³-hybridized carbons (Fsp3) is 0.323. The van der Waals surface area contributed by atoms with Gasteiger partial charge >= 0.3 is 12.1 Å². The van der Waals surface area contributed by atoms with Crippen molar-refractivity contribution >= 4 is 46.2 Å². The van der Waals surface area contributed by atoms with E-state index in [0.29, 0.717) is 23.2 Å². The van der Waals surface area contributed by atoms with E-state index < -0.39 is 54.7 Å². The van der Waals surface area contributed by atoms with E-state index >= 15 is 0 Å². The first-order valence-electron chi connectivity index (χ1n) is 14.2. The first-order chi connectivity index (χ1) is 21.5. The number of carbonyl (C=O) groups excluding carboxylic acids is 4. The Kier molecular flexibility index (Phi) is 7.97. The number of carbonyl (C=O) groups is 5. The molecule has 3 aromatic rings. The standard InChI is InChI=1S/C31H29N3O11/c35-21-11-10-20(27(39)33-21)34-19-9-8-16(17-2-1-3-18(22(17)19)28(34)40)12-14-4-6-15(7-5-14)13-32-31(43)45-30-25(38)23(36)24(37)26(44-30)29(41)42/h1-9,20,23-26,30,36-38H,10-13H2,(H,32,43)(H,41,42)(H,33,35,39)/t20-,23-,24-,25+,26-,30-/m0/s1. The van der Waals surface area contributed by atoms with Crippen LogP contribution in [0.5, 0.6) is 0 Å². The molecule has 3 aliphatic heterocycles. The number of carboxylic acids is 1. The Hall–Kier alpha value is -4.89. The predicted octanol–water partition coefficient (Wildman–Crippen LogP) is 0.314. The number of aliphatic hydroxyl groups is 3. The highest BCUT2D eigenvalue weighted by Gasteiger charge is 2.48. The van der Waals surface area contributed by atoms with Crippen LogP contribution in [-0.2, 0) is 36.8 Å². The Morgan fingerprint density at radius 2 is 1.69 bits per heavy atom. The van der Waals surface area contributed by atoms with E-state index in [2.05, 4.69) is 10.6 Å². The molecule has 2 saturated heterocycles. The molecule has 3 aromatic carbocycles. The number of ether oxygens (including phenoxy) is 2. The van der Waals surface area contributed by atoms with E-state index in [4.69, 9.17) is 14.6 Å². The van der Waals surface area contributed by atoms with Gasteiger partial charge in [-0.2, -0.15) is 0 Å². The number of aliphatic hydroxyl groups excluding tert-OH is 3. The van der Waals surface area contributed by atoms with Gasteiger partial charge in [-0.05, 0) is 47.1 Å². The van der Waals surface area contributed by atoms with E-state index in [1.807, 2.05) is 30.3 Å². The molecule has 3 aliphatic rings. The quantitative estimate of drug-likeness (QED) is 0.198. The number of aliphatic carboxylic acids is 1. The number of nitrogens with one attached hydrogen (secondary N) is 2. The summed E-state index contributed by atoms with van der Waals surface area (Å²) in [6.45, 7) is 0.0226. The zero-order valence-corrected chi connectivity index (χ0v) is 23.6. The largest absolute Gasteiger partial charge is 0.479 e. The van der Waals surface area contributed by atoms with Gasteiger partial charge < -0.3 is 35.2 Å². The third-order valence-electron chi connectivity index (χ3n) is 8.23. The minimum atomic E-state index is -1.90. The summed E-state index contributed by atoms with van der Waals surface area (Å²) in [5, 5.41) is 45.2. The van der Waals surface area contributed by atoms with Crippen molar-refractivity contribution in [1.82, 2.24) is 10.6 Å². The van der Waals surface area contributed by atoms with Crippen molar-refractivity contribution in [1.29, 1.82) is 0 Å². The maximum Gasteiger partial charge on any atom is 0.409 e. The molecule has 234 valence electrons. The van der Waals surface area contributed by atoms with Crippen molar-refractivity contribution in [3.63, 3.8) is 0 Å². The van der Waals surface area contributed by atoms with Gasteiger partial charge in [-0.15, -0.1) is 0 Å². The van der Waals surface area contributed by atoms with Gasteiger partial charge in [-0.1, -0.05) is 42.5 Å². The number of anilines is 1. The third-order valence-corrected chi connectivity index (χ3v) is 8.23. The second-order valence-corrected chi connectivity index (χ2v) is 11.1. The summed E-state index contributed by atoms with van der Waals surface area (Å²) in [5.74, 6) is -2.72. The maximum absolute atomic E-state index is 13.4. The molecule has 45 heavy (non-hydrogen) atoms. The Morgan fingerprint density at radius 1 is 0.956 bits per heavy atom. The number of hydrogen-bond acceptors (Lipinski definition) is 10. The smallest absolute Gasteiger partial charge is 0.409 e. The van der Waals surface area contributed by atoms with E-state index in [-0.39, 0.29) is 31.2 Å². The van der Waals surface area contributed by atoms with Crippen LogP contribution in [0.3, 0.4) is 0 Å². The topological polar surface area (TPSA) is 212 Å². The van der Waals surface area contributed by atoms with Crippen LogP contribution in [0.2, 0.25) is 0 Å². The van der Waals surface area contributed by atoms with Crippen LogP contribution < -0.4 is 15.5 Å². The highest BCUT2D eigenvalue weighted by Crippen LogP contribution is 2.41.